The number of aromatic nitrogens is 1. The molecule has 6 aromatic carbocycles. The van der Waals surface area contributed by atoms with Crippen molar-refractivity contribution in [1.82, 2.24) is 9.47 Å². The van der Waals surface area contributed by atoms with Crippen molar-refractivity contribution in [2.45, 2.75) is 24.2 Å². The summed E-state index contributed by atoms with van der Waals surface area (Å²) >= 11 is 0. The highest BCUT2D eigenvalue weighted by Gasteiger charge is 2.55. The summed E-state index contributed by atoms with van der Waals surface area (Å²) in [6.45, 7) is 0.964. The van der Waals surface area contributed by atoms with E-state index in [1.54, 1.807) is 11.1 Å². The zero-order valence-corrected chi connectivity index (χ0v) is 34.2. The van der Waals surface area contributed by atoms with Gasteiger partial charge in [0.25, 0.3) is 0 Å². The summed E-state index contributed by atoms with van der Waals surface area (Å²) in [4.78, 5) is 2.50. The van der Waals surface area contributed by atoms with Crippen molar-refractivity contribution in [2.75, 3.05) is 13.6 Å². The molecule has 6 aliphatic carbocycles. The minimum Gasteiger partial charge on any atom is -0.374 e. The third-order valence-corrected chi connectivity index (χ3v) is 15.5. The van der Waals surface area contributed by atoms with Crippen LogP contribution in [-0.4, -0.2) is 23.1 Å². The molecule has 0 bridgehead atoms. The lowest BCUT2D eigenvalue weighted by atomic mass is 9.69. The van der Waals surface area contributed by atoms with Gasteiger partial charge in [0.1, 0.15) is 0 Å². The van der Waals surface area contributed by atoms with E-state index in [0.29, 0.717) is 23.7 Å². The van der Waals surface area contributed by atoms with Crippen LogP contribution in [0, 0.1) is 17.8 Å². The van der Waals surface area contributed by atoms with Crippen molar-refractivity contribution in [3.63, 3.8) is 0 Å². The third kappa shape index (κ3) is 4.52. The van der Waals surface area contributed by atoms with E-state index in [1.807, 2.05) is 0 Å². The Morgan fingerprint density at radius 2 is 1.39 bits per heavy atom. The monoisotopic (exact) mass is 780 g/mol. The maximum Gasteiger partial charge on any atom is 0.0616 e. The van der Waals surface area contributed by atoms with Gasteiger partial charge < -0.3 is 9.47 Å². The van der Waals surface area contributed by atoms with Crippen molar-refractivity contribution < 1.29 is 0 Å². The SMILES string of the molecule is CN1CCC2=C(C=C1c1cccc(-n3c4c(c5ccc6ccccc6c53)C3C=CC=CC3C3=C4C4C=CC=C5c6ccccc6C3C54)c1)c1ccccc1C2c1ccccc1. The van der Waals surface area contributed by atoms with Gasteiger partial charge in [-0.1, -0.05) is 170 Å². The maximum atomic E-state index is 2.71. The lowest BCUT2D eigenvalue weighted by Gasteiger charge is -2.35. The summed E-state index contributed by atoms with van der Waals surface area (Å²) in [5.74, 6) is 1.98. The summed E-state index contributed by atoms with van der Waals surface area (Å²) in [5.41, 5.74) is 22.8. The second-order valence-corrected chi connectivity index (χ2v) is 18.2. The average molecular weight is 781 g/mol. The summed E-state index contributed by atoms with van der Waals surface area (Å²) in [6.07, 6.45) is 20.5. The number of hydrogen-bond acceptors (Lipinski definition) is 1. The first-order valence-electron chi connectivity index (χ1n) is 22.3. The Kier molecular flexibility index (Phi) is 6.98. The van der Waals surface area contributed by atoms with Gasteiger partial charge in [0.15, 0.2) is 0 Å². The molecule has 0 radical (unpaired) electrons. The lowest BCUT2D eigenvalue weighted by molar-refractivity contribution is 0.482. The molecule has 14 rings (SSSR count). The Morgan fingerprint density at radius 3 is 2.30 bits per heavy atom. The molecule has 0 fully saturated rings. The molecule has 290 valence electrons. The largest absolute Gasteiger partial charge is 0.374 e. The predicted molar refractivity (Wildman–Crippen MR) is 252 cm³/mol. The van der Waals surface area contributed by atoms with Crippen molar-refractivity contribution in [1.29, 1.82) is 0 Å². The molecule has 6 atom stereocenters. The van der Waals surface area contributed by atoms with Crippen molar-refractivity contribution >= 4 is 44.1 Å². The number of nitrogens with zero attached hydrogens (tertiary/aromatic N) is 2. The van der Waals surface area contributed by atoms with E-state index in [2.05, 4.69) is 205 Å². The molecule has 0 saturated heterocycles. The van der Waals surface area contributed by atoms with E-state index in [9.17, 15) is 0 Å². The van der Waals surface area contributed by atoms with E-state index >= 15 is 0 Å². The molecule has 6 unspecified atom stereocenters. The fourth-order valence-corrected chi connectivity index (χ4v) is 13.1. The van der Waals surface area contributed by atoms with Crippen molar-refractivity contribution in [3.05, 3.63) is 244 Å². The standard InChI is InChI=1S/C59H44N2/c1-60-32-31-47-50(41-22-8-9-23-42(41)52(47)36-16-3-2-4-17-36)34-51(60)37-18-13-19-38(33-37)61-58-39-20-6-5-15-35(39)29-30-49(58)54-45-25-11-12-26-46(45)56-55-44-24-10-7-21-40(44)43-27-14-28-48(53(43)55)57(56)59(54)61/h2-30,33-34,45-46,48,52-53,55H,31-32H2,1H3. The Hall–Kier alpha value is -6.90. The summed E-state index contributed by atoms with van der Waals surface area (Å²) < 4.78 is 2.71. The highest BCUT2D eigenvalue weighted by Crippen LogP contribution is 2.68. The van der Waals surface area contributed by atoms with Crippen LogP contribution >= 0.6 is 0 Å². The zero-order valence-electron chi connectivity index (χ0n) is 34.2. The van der Waals surface area contributed by atoms with E-state index in [0.717, 1.165) is 13.0 Å². The zero-order chi connectivity index (χ0) is 39.9. The Bertz CT molecular complexity index is 3300. The highest BCUT2D eigenvalue weighted by atomic mass is 15.1. The second kappa shape index (κ2) is 12.6. The van der Waals surface area contributed by atoms with Crippen LogP contribution in [0.1, 0.15) is 68.8 Å². The van der Waals surface area contributed by atoms with Gasteiger partial charge in [0, 0.05) is 71.3 Å². The van der Waals surface area contributed by atoms with Crippen molar-refractivity contribution in [2.24, 2.45) is 17.8 Å². The fraction of sp³-hybridized carbons (Fsp3) is 0.153. The van der Waals surface area contributed by atoms with E-state index < -0.39 is 0 Å². The van der Waals surface area contributed by atoms with Gasteiger partial charge in [0.05, 0.1) is 11.2 Å². The minimum atomic E-state index is 0.261. The summed E-state index contributed by atoms with van der Waals surface area (Å²) in [5, 5.41) is 3.97. The van der Waals surface area contributed by atoms with Gasteiger partial charge in [-0.3, -0.25) is 0 Å². The Labute approximate surface area is 357 Å². The van der Waals surface area contributed by atoms with E-state index in [1.165, 1.54) is 94.4 Å². The van der Waals surface area contributed by atoms with Crippen LogP contribution < -0.4 is 0 Å². The van der Waals surface area contributed by atoms with Gasteiger partial charge in [-0.25, -0.2) is 0 Å². The third-order valence-electron chi connectivity index (χ3n) is 15.5. The summed E-state index contributed by atoms with van der Waals surface area (Å²) in [7, 11) is 2.29. The van der Waals surface area contributed by atoms with Gasteiger partial charge in [-0.05, 0) is 96.8 Å². The predicted octanol–water partition coefficient (Wildman–Crippen LogP) is 13.6. The fourth-order valence-electron chi connectivity index (χ4n) is 13.1. The smallest absolute Gasteiger partial charge is 0.0616 e. The molecule has 2 heteroatoms. The maximum absolute atomic E-state index is 2.71. The first-order valence-corrected chi connectivity index (χ1v) is 22.3. The number of rotatable bonds is 3. The topological polar surface area (TPSA) is 8.17 Å². The van der Waals surface area contributed by atoms with Gasteiger partial charge in [-0.2, -0.15) is 0 Å². The first-order chi connectivity index (χ1) is 30.2. The number of hydrogen-bond donors (Lipinski definition) is 0. The van der Waals surface area contributed by atoms with Crippen LogP contribution in [0.4, 0.5) is 0 Å². The molecule has 0 saturated carbocycles. The van der Waals surface area contributed by atoms with E-state index in [4.69, 9.17) is 0 Å². The van der Waals surface area contributed by atoms with E-state index in [-0.39, 0.29) is 11.8 Å². The van der Waals surface area contributed by atoms with Crippen LogP contribution in [0.15, 0.2) is 199 Å². The Balaban J connectivity index is 1.03. The van der Waals surface area contributed by atoms with Crippen LogP contribution in [-0.2, 0) is 0 Å². The van der Waals surface area contributed by atoms with Gasteiger partial charge >= 0.3 is 0 Å². The normalized spacial score (nSPS) is 24.8. The summed E-state index contributed by atoms with van der Waals surface area (Å²) in [6, 6.07) is 52.9. The molecular weight excluding hydrogens is 737 g/mol. The molecule has 7 aromatic rings. The molecule has 2 heterocycles. The molecule has 0 amide bonds. The lowest BCUT2D eigenvalue weighted by Crippen LogP contribution is -2.23. The van der Waals surface area contributed by atoms with Gasteiger partial charge in [0.2, 0.25) is 0 Å². The molecule has 7 aliphatic rings. The van der Waals surface area contributed by atoms with Crippen LogP contribution in [0.25, 0.3) is 49.8 Å². The molecule has 1 aromatic heterocycles. The quantitative estimate of drug-likeness (QED) is 0.173. The number of benzene rings is 6. The van der Waals surface area contributed by atoms with Gasteiger partial charge in [-0.15, -0.1) is 0 Å². The van der Waals surface area contributed by atoms with Crippen LogP contribution in [0.3, 0.4) is 0 Å². The molecule has 2 nitrogen and oxygen atoms in total. The molecule has 1 aliphatic heterocycles. The molecule has 0 N–H and O–H groups in total. The van der Waals surface area contributed by atoms with Crippen LogP contribution in [0.5, 0.6) is 0 Å². The molecule has 61 heavy (non-hydrogen) atoms. The van der Waals surface area contributed by atoms with Crippen molar-refractivity contribution in [3.8, 4) is 5.69 Å². The average Bonchev–Trinajstić information content (AvgIpc) is 4.02. The van der Waals surface area contributed by atoms with Crippen LogP contribution in [0.2, 0.25) is 0 Å². The number of allylic oxidation sites excluding steroid dienone is 12. The number of fused-ring (bicyclic) bond motifs is 16. The second-order valence-electron chi connectivity index (χ2n) is 18.2. The first kappa shape index (κ1) is 33.9. The molecular formula is C59H44N2. The highest BCUT2D eigenvalue weighted by molar-refractivity contribution is 6.11. The molecule has 0 spiro atoms. The Morgan fingerprint density at radius 1 is 0.623 bits per heavy atom. The minimum absolute atomic E-state index is 0.261.